The largest absolute Gasteiger partial charge is 0.462 e. The van der Waals surface area contributed by atoms with Gasteiger partial charge in [0.25, 0.3) is 0 Å². The van der Waals surface area contributed by atoms with Crippen LogP contribution in [0.25, 0.3) is 5.57 Å². The SMILES string of the molecule is CCOC(=O)C(=C/N)/C(=C/C(N)=O)c1ccc([N+](=O)[O-])c(F)c1. The second kappa shape index (κ2) is 7.69. The van der Waals surface area contributed by atoms with Crippen LogP contribution in [0.1, 0.15) is 12.5 Å². The summed E-state index contributed by atoms with van der Waals surface area (Å²) in [5.41, 5.74) is 9.39. The highest BCUT2D eigenvalue weighted by Crippen LogP contribution is 2.27. The van der Waals surface area contributed by atoms with Gasteiger partial charge in [0.1, 0.15) is 0 Å². The summed E-state index contributed by atoms with van der Waals surface area (Å²) in [4.78, 5) is 32.8. The number of rotatable bonds is 6. The third kappa shape index (κ3) is 4.37. The Morgan fingerprint density at radius 2 is 2.09 bits per heavy atom. The predicted octanol–water partition coefficient (Wildman–Crippen LogP) is 1.01. The molecule has 122 valence electrons. The fourth-order valence-electron chi connectivity index (χ4n) is 1.76. The number of hydrogen-bond donors (Lipinski definition) is 2. The fourth-order valence-corrected chi connectivity index (χ4v) is 1.76. The maximum atomic E-state index is 13.8. The van der Waals surface area contributed by atoms with E-state index in [0.717, 1.165) is 24.4 Å². The first-order valence-electron chi connectivity index (χ1n) is 6.36. The van der Waals surface area contributed by atoms with Crippen molar-refractivity contribution in [3.05, 3.63) is 57.5 Å². The number of nitrogens with two attached hydrogens (primary N) is 2. The number of nitro benzene ring substituents is 1. The lowest BCUT2D eigenvalue weighted by Crippen LogP contribution is -2.14. The van der Waals surface area contributed by atoms with E-state index in [4.69, 9.17) is 16.2 Å². The Morgan fingerprint density at radius 3 is 2.52 bits per heavy atom. The van der Waals surface area contributed by atoms with Crippen LogP contribution in [-0.2, 0) is 14.3 Å². The Morgan fingerprint density at radius 1 is 1.43 bits per heavy atom. The number of nitrogens with zero attached hydrogens (tertiary/aromatic N) is 1. The average molecular weight is 323 g/mol. The van der Waals surface area contributed by atoms with Crippen LogP contribution in [0.3, 0.4) is 0 Å². The van der Waals surface area contributed by atoms with Crippen LogP contribution in [0.5, 0.6) is 0 Å². The Balaban J connectivity index is 3.44. The zero-order valence-corrected chi connectivity index (χ0v) is 12.1. The molecule has 0 aliphatic heterocycles. The maximum absolute atomic E-state index is 13.8. The first-order valence-corrected chi connectivity index (χ1v) is 6.36. The molecule has 0 fully saturated rings. The molecule has 1 rings (SSSR count). The van der Waals surface area contributed by atoms with Gasteiger partial charge in [-0.15, -0.1) is 0 Å². The summed E-state index contributed by atoms with van der Waals surface area (Å²) in [6, 6.07) is 2.87. The van der Waals surface area contributed by atoms with Crippen LogP contribution in [0.2, 0.25) is 0 Å². The van der Waals surface area contributed by atoms with Crippen LogP contribution < -0.4 is 11.5 Å². The Bertz CT molecular complexity index is 712. The number of carbonyl (C=O) groups excluding carboxylic acids is 2. The van der Waals surface area contributed by atoms with E-state index in [-0.39, 0.29) is 23.3 Å². The summed E-state index contributed by atoms with van der Waals surface area (Å²) in [5.74, 6) is -2.90. The molecule has 9 heteroatoms. The van der Waals surface area contributed by atoms with E-state index < -0.39 is 28.3 Å². The summed E-state index contributed by atoms with van der Waals surface area (Å²) >= 11 is 0. The van der Waals surface area contributed by atoms with Crippen LogP contribution in [0.15, 0.2) is 36.0 Å². The van der Waals surface area contributed by atoms with E-state index in [0.29, 0.717) is 0 Å². The number of ether oxygens (including phenoxy) is 1. The molecule has 1 amide bonds. The van der Waals surface area contributed by atoms with Crippen molar-refractivity contribution in [1.29, 1.82) is 0 Å². The number of halogens is 1. The molecular formula is C14H14FN3O5. The number of hydrogen-bond acceptors (Lipinski definition) is 6. The molecule has 0 radical (unpaired) electrons. The molecule has 0 aliphatic rings. The average Bonchev–Trinajstić information content (AvgIpc) is 2.46. The smallest absolute Gasteiger partial charge is 0.340 e. The molecule has 0 spiro atoms. The quantitative estimate of drug-likeness (QED) is 0.263. The Hall–Kier alpha value is -3.23. The first-order chi connectivity index (χ1) is 10.8. The van der Waals surface area contributed by atoms with Gasteiger partial charge in [-0.25, -0.2) is 4.79 Å². The van der Waals surface area contributed by atoms with Crippen LogP contribution in [-0.4, -0.2) is 23.4 Å². The van der Waals surface area contributed by atoms with Crippen molar-refractivity contribution in [3.8, 4) is 0 Å². The Labute approximate surface area is 130 Å². The van der Waals surface area contributed by atoms with E-state index >= 15 is 0 Å². The topological polar surface area (TPSA) is 139 Å². The minimum Gasteiger partial charge on any atom is -0.462 e. The number of esters is 1. The summed E-state index contributed by atoms with van der Waals surface area (Å²) in [7, 11) is 0. The maximum Gasteiger partial charge on any atom is 0.340 e. The van der Waals surface area contributed by atoms with Crippen molar-refractivity contribution in [2.75, 3.05) is 6.61 Å². The lowest BCUT2D eigenvalue weighted by Gasteiger charge is -2.11. The zero-order chi connectivity index (χ0) is 17.6. The standard InChI is InChI=1S/C14H14FN3O5/c1-2-23-14(20)10(7-16)9(6-13(17)19)8-3-4-12(18(21)22)11(15)5-8/h3-7H,2,16H2,1H3,(H2,17,19)/b9-6+,10-7+. The highest BCUT2D eigenvalue weighted by molar-refractivity contribution is 6.10. The molecule has 4 N–H and O–H groups in total. The van der Waals surface area contributed by atoms with Gasteiger partial charge in [0.05, 0.1) is 17.1 Å². The molecule has 0 aromatic heterocycles. The van der Waals surface area contributed by atoms with Crippen molar-refractivity contribution in [3.63, 3.8) is 0 Å². The second-order valence-corrected chi connectivity index (χ2v) is 4.18. The van der Waals surface area contributed by atoms with Crippen LogP contribution in [0, 0.1) is 15.9 Å². The number of nitro groups is 1. The Kier molecular flexibility index (Phi) is 5.95. The second-order valence-electron chi connectivity index (χ2n) is 4.18. The molecule has 0 aliphatic carbocycles. The van der Waals surface area contributed by atoms with E-state index in [1.807, 2.05) is 0 Å². The number of primary amides is 1. The van der Waals surface area contributed by atoms with Crippen molar-refractivity contribution in [2.24, 2.45) is 11.5 Å². The normalized spacial score (nSPS) is 11.9. The van der Waals surface area contributed by atoms with Gasteiger partial charge in [0.15, 0.2) is 0 Å². The molecule has 23 heavy (non-hydrogen) atoms. The summed E-state index contributed by atoms with van der Waals surface area (Å²) in [5, 5.41) is 10.6. The summed E-state index contributed by atoms with van der Waals surface area (Å²) < 4.78 is 18.6. The van der Waals surface area contributed by atoms with E-state index in [2.05, 4.69) is 0 Å². The zero-order valence-electron chi connectivity index (χ0n) is 12.1. The molecule has 1 aromatic rings. The van der Waals surface area contributed by atoms with E-state index in [9.17, 15) is 24.1 Å². The molecule has 1 aromatic carbocycles. The molecule has 0 bridgehead atoms. The van der Waals surface area contributed by atoms with E-state index in [1.165, 1.54) is 6.07 Å². The van der Waals surface area contributed by atoms with Gasteiger partial charge in [-0.2, -0.15) is 4.39 Å². The number of benzene rings is 1. The van der Waals surface area contributed by atoms with Crippen molar-refractivity contribution < 1.29 is 23.6 Å². The molecule has 0 saturated heterocycles. The van der Waals surface area contributed by atoms with Gasteiger partial charge < -0.3 is 16.2 Å². The lowest BCUT2D eigenvalue weighted by molar-refractivity contribution is -0.387. The summed E-state index contributed by atoms with van der Waals surface area (Å²) in [6.45, 7) is 1.61. The van der Waals surface area contributed by atoms with Gasteiger partial charge in [0.2, 0.25) is 11.7 Å². The minimum absolute atomic E-state index is 0.0108. The molecule has 0 saturated carbocycles. The van der Waals surface area contributed by atoms with Crippen LogP contribution in [0.4, 0.5) is 10.1 Å². The van der Waals surface area contributed by atoms with Gasteiger partial charge in [0, 0.05) is 23.9 Å². The van der Waals surface area contributed by atoms with Gasteiger partial charge in [-0.3, -0.25) is 14.9 Å². The molecular weight excluding hydrogens is 309 g/mol. The molecule has 0 atom stereocenters. The van der Waals surface area contributed by atoms with Gasteiger partial charge in [-0.05, 0) is 24.6 Å². The minimum atomic E-state index is -1.14. The molecule has 0 unspecified atom stereocenters. The molecule has 8 nitrogen and oxygen atoms in total. The highest BCUT2D eigenvalue weighted by Gasteiger charge is 2.21. The third-order valence-electron chi connectivity index (χ3n) is 2.69. The van der Waals surface area contributed by atoms with E-state index in [1.54, 1.807) is 6.92 Å². The van der Waals surface area contributed by atoms with Crippen molar-refractivity contribution >= 4 is 23.1 Å². The van der Waals surface area contributed by atoms with Gasteiger partial charge >= 0.3 is 11.7 Å². The number of amides is 1. The molecule has 0 heterocycles. The monoisotopic (exact) mass is 323 g/mol. The van der Waals surface area contributed by atoms with Crippen molar-refractivity contribution in [1.82, 2.24) is 0 Å². The highest BCUT2D eigenvalue weighted by atomic mass is 19.1. The number of carbonyl (C=O) groups is 2. The lowest BCUT2D eigenvalue weighted by atomic mass is 9.97. The predicted molar refractivity (Wildman–Crippen MR) is 79.1 cm³/mol. The third-order valence-corrected chi connectivity index (χ3v) is 2.69. The summed E-state index contributed by atoms with van der Waals surface area (Å²) in [6.07, 6.45) is 1.74. The fraction of sp³-hybridized carbons (Fsp3) is 0.143. The van der Waals surface area contributed by atoms with Crippen LogP contribution >= 0.6 is 0 Å². The van der Waals surface area contributed by atoms with Crippen molar-refractivity contribution in [2.45, 2.75) is 6.92 Å². The first kappa shape index (κ1) is 17.8. The van der Waals surface area contributed by atoms with Gasteiger partial charge in [-0.1, -0.05) is 0 Å².